The standard InChI is InChI=1S/C11H18N4/c1-2-9-6-15(7-10(3-1)13-9)8-11-4-5-12-14-11/h4-5,9-10,13H,1-3,6-8H2,(H,12,14). The lowest BCUT2D eigenvalue weighted by atomic mass is 9.94. The second-order valence-electron chi connectivity index (χ2n) is 4.77. The molecule has 0 aliphatic carbocycles. The van der Waals surface area contributed by atoms with Crippen molar-refractivity contribution in [2.24, 2.45) is 0 Å². The van der Waals surface area contributed by atoms with Crippen LogP contribution in [0.5, 0.6) is 0 Å². The zero-order chi connectivity index (χ0) is 10.1. The smallest absolute Gasteiger partial charge is 0.0492 e. The summed E-state index contributed by atoms with van der Waals surface area (Å²) in [6.45, 7) is 3.40. The van der Waals surface area contributed by atoms with Crippen molar-refractivity contribution in [3.05, 3.63) is 18.0 Å². The number of likely N-dealkylation sites (tertiary alicyclic amines) is 1. The van der Waals surface area contributed by atoms with Crippen molar-refractivity contribution in [2.45, 2.75) is 37.9 Å². The maximum absolute atomic E-state index is 3.99. The molecule has 0 radical (unpaired) electrons. The number of nitrogens with zero attached hydrogens (tertiary/aromatic N) is 2. The molecule has 4 nitrogen and oxygen atoms in total. The number of piperazine rings is 1. The van der Waals surface area contributed by atoms with Gasteiger partial charge in [-0.25, -0.2) is 0 Å². The van der Waals surface area contributed by atoms with Crippen LogP contribution >= 0.6 is 0 Å². The van der Waals surface area contributed by atoms with Gasteiger partial charge < -0.3 is 5.32 Å². The molecule has 3 rings (SSSR count). The van der Waals surface area contributed by atoms with E-state index in [1.807, 2.05) is 6.20 Å². The van der Waals surface area contributed by atoms with Gasteiger partial charge in [-0.3, -0.25) is 10.00 Å². The lowest BCUT2D eigenvalue weighted by Crippen LogP contribution is -2.58. The molecule has 2 unspecified atom stereocenters. The van der Waals surface area contributed by atoms with Crippen LogP contribution in [0, 0.1) is 0 Å². The minimum absolute atomic E-state index is 0.723. The highest BCUT2D eigenvalue weighted by Crippen LogP contribution is 2.20. The molecule has 2 aliphatic rings. The number of fused-ring (bicyclic) bond motifs is 2. The number of nitrogens with one attached hydrogen (secondary N) is 2. The van der Waals surface area contributed by atoms with Crippen LogP contribution in [0.25, 0.3) is 0 Å². The Bertz CT molecular complexity index is 296. The summed E-state index contributed by atoms with van der Waals surface area (Å²) in [5, 5.41) is 10.7. The Morgan fingerprint density at radius 3 is 2.80 bits per heavy atom. The fourth-order valence-corrected chi connectivity index (χ4v) is 2.84. The number of H-pyrrole nitrogens is 1. The summed E-state index contributed by atoms with van der Waals surface area (Å²) in [6.07, 6.45) is 5.92. The molecule has 82 valence electrons. The van der Waals surface area contributed by atoms with Crippen LogP contribution < -0.4 is 5.32 Å². The van der Waals surface area contributed by atoms with Gasteiger partial charge in [0, 0.05) is 43.6 Å². The van der Waals surface area contributed by atoms with E-state index < -0.39 is 0 Å². The Hall–Kier alpha value is -0.870. The van der Waals surface area contributed by atoms with Crippen molar-refractivity contribution in [2.75, 3.05) is 13.1 Å². The lowest BCUT2D eigenvalue weighted by Gasteiger charge is -2.42. The zero-order valence-corrected chi connectivity index (χ0v) is 8.95. The van der Waals surface area contributed by atoms with E-state index in [9.17, 15) is 0 Å². The fourth-order valence-electron chi connectivity index (χ4n) is 2.84. The molecule has 0 aromatic carbocycles. The van der Waals surface area contributed by atoms with E-state index in [0.717, 1.165) is 18.6 Å². The number of aromatic amines is 1. The summed E-state index contributed by atoms with van der Waals surface area (Å²) in [6, 6.07) is 3.51. The average molecular weight is 206 g/mol. The van der Waals surface area contributed by atoms with E-state index in [2.05, 4.69) is 26.5 Å². The number of hydrogen-bond acceptors (Lipinski definition) is 3. The van der Waals surface area contributed by atoms with Crippen LogP contribution in [-0.4, -0.2) is 40.3 Å². The van der Waals surface area contributed by atoms with Gasteiger partial charge in [-0.1, -0.05) is 6.42 Å². The second-order valence-corrected chi connectivity index (χ2v) is 4.77. The summed E-state index contributed by atoms with van der Waals surface area (Å²) in [7, 11) is 0. The summed E-state index contributed by atoms with van der Waals surface area (Å²) >= 11 is 0. The predicted octanol–water partition coefficient (Wildman–Crippen LogP) is 0.736. The van der Waals surface area contributed by atoms with Gasteiger partial charge in [0.2, 0.25) is 0 Å². The first-order valence-corrected chi connectivity index (χ1v) is 5.87. The molecule has 2 saturated heterocycles. The van der Waals surface area contributed by atoms with Crippen molar-refractivity contribution in [3.8, 4) is 0 Å². The molecule has 3 heterocycles. The first kappa shape index (κ1) is 9.36. The first-order chi connectivity index (χ1) is 7.40. The van der Waals surface area contributed by atoms with Crippen molar-refractivity contribution >= 4 is 0 Å². The minimum atomic E-state index is 0.723. The summed E-state index contributed by atoms with van der Waals surface area (Å²) in [4.78, 5) is 2.54. The number of rotatable bonds is 2. The maximum Gasteiger partial charge on any atom is 0.0492 e. The highest BCUT2D eigenvalue weighted by molar-refractivity contribution is 4.99. The zero-order valence-electron chi connectivity index (χ0n) is 8.95. The van der Waals surface area contributed by atoms with Crippen LogP contribution in [0.2, 0.25) is 0 Å². The van der Waals surface area contributed by atoms with Crippen LogP contribution in [-0.2, 0) is 6.54 Å². The van der Waals surface area contributed by atoms with E-state index in [1.165, 1.54) is 38.0 Å². The monoisotopic (exact) mass is 206 g/mol. The van der Waals surface area contributed by atoms with Crippen molar-refractivity contribution in [1.82, 2.24) is 20.4 Å². The van der Waals surface area contributed by atoms with Gasteiger partial charge in [-0.05, 0) is 18.9 Å². The fraction of sp³-hybridized carbons (Fsp3) is 0.727. The molecule has 2 N–H and O–H groups in total. The van der Waals surface area contributed by atoms with Gasteiger partial charge in [0.05, 0.1) is 0 Å². The third-order valence-corrected chi connectivity index (χ3v) is 3.49. The summed E-state index contributed by atoms with van der Waals surface area (Å²) in [5.74, 6) is 0. The molecule has 4 heteroatoms. The Morgan fingerprint density at radius 1 is 1.33 bits per heavy atom. The van der Waals surface area contributed by atoms with Gasteiger partial charge in [0.15, 0.2) is 0 Å². The van der Waals surface area contributed by atoms with Crippen molar-refractivity contribution < 1.29 is 0 Å². The topological polar surface area (TPSA) is 44.0 Å². The highest BCUT2D eigenvalue weighted by Gasteiger charge is 2.29. The van der Waals surface area contributed by atoms with Gasteiger partial charge >= 0.3 is 0 Å². The molecular formula is C11H18N4. The molecule has 2 bridgehead atoms. The van der Waals surface area contributed by atoms with Crippen LogP contribution in [0.3, 0.4) is 0 Å². The molecule has 2 atom stereocenters. The van der Waals surface area contributed by atoms with Crippen molar-refractivity contribution in [1.29, 1.82) is 0 Å². The second kappa shape index (κ2) is 3.94. The highest BCUT2D eigenvalue weighted by atomic mass is 15.2. The molecule has 15 heavy (non-hydrogen) atoms. The predicted molar refractivity (Wildman–Crippen MR) is 58.4 cm³/mol. The molecule has 0 amide bonds. The third-order valence-electron chi connectivity index (χ3n) is 3.49. The maximum atomic E-state index is 3.99. The molecule has 2 aliphatic heterocycles. The van der Waals surface area contributed by atoms with E-state index >= 15 is 0 Å². The lowest BCUT2D eigenvalue weighted by molar-refractivity contribution is 0.118. The molecule has 1 aromatic rings. The number of aromatic nitrogens is 2. The largest absolute Gasteiger partial charge is 0.309 e. The quantitative estimate of drug-likeness (QED) is 0.750. The van der Waals surface area contributed by atoms with Crippen LogP contribution in [0.4, 0.5) is 0 Å². The number of piperidine rings is 1. The summed E-state index contributed by atoms with van der Waals surface area (Å²) < 4.78 is 0. The Balaban J connectivity index is 1.63. The van der Waals surface area contributed by atoms with Gasteiger partial charge in [0.25, 0.3) is 0 Å². The molecule has 1 aromatic heterocycles. The van der Waals surface area contributed by atoms with Crippen LogP contribution in [0.15, 0.2) is 12.3 Å². The number of hydrogen-bond donors (Lipinski definition) is 2. The summed E-state index contributed by atoms with van der Waals surface area (Å²) in [5.41, 5.74) is 1.23. The van der Waals surface area contributed by atoms with Crippen molar-refractivity contribution in [3.63, 3.8) is 0 Å². The Morgan fingerprint density at radius 2 is 2.13 bits per heavy atom. The normalized spacial score (nSPS) is 31.7. The minimum Gasteiger partial charge on any atom is -0.309 e. The van der Waals surface area contributed by atoms with Gasteiger partial charge in [-0.2, -0.15) is 5.10 Å². The van der Waals surface area contributed by atoms with E-state index in [-0.39, 0.29) is 0 Å². The van der Waals surface area contributed by atoms with Crippen LogP contribution in [0.1, 0.15) is 25.0 Å². The van der Waals surface area contributed by atoms with E-state index in [1.54, 1.807) is 0 Å². The van der Waals surface area contributed by atoms with E-state index in [0.29, 0.717) is 0 Å². The Labute approximate surface area is 90.0 Å². The molecule has 0 saturated carbocycles. The Kier molecular flexibility index (Phi) is 2.46. The van der Waals surface area contributed by atoms with E-state index in [4.69, 9.17) is 0 Å². The third kappa shape index (κ3) is 2.06. The molecule has 0 spiro atoms. The SMILES string of the molecule is c1cc(CN2CC3CCCC(C2)N3)[nH]n1. The van der Waals surface area contributed by atoms with Gasteiger partial charge in [0.1, 0.15) is 0 Å². The van der Waals surface area contributed by atoms with Gasteiger partial charge in [-0.15, -0.1) is 0 Å². The molecule has 2 fully saturated rings. The average Bonchev–Trinajstić information content (AvgIpc) is 2.70. The first-order valence-electron chi connectivity index (χ1n) is 5.87. The molecular weight excluding hydrogens is 188 g/mol.